The Morgan fingerprint density at radius 1 is 1.10 bits per heavy atom. The van der Waals surface area contributed by atoms with Crippen molar-refractivity contribution in [3.05, 3.63) is 65.9 Å². The number of hydrogen-bond acceptors (Lipinski definition) is 3. The number of carboxylic acid groups (broad SMARTS) is 1. The summed E-state index contributed by atoms with van der Waals surface area (Å²) in [5, 5.41) is 11.1. The van der Waals surface area contributed by atoms with Gasteiger partial charge in [0.25, 0.3) is 0 Å². The van der Waals surface area contributed by atoms with Gasteiger partial charge < -0.3 is 9.84 Å². The molecule has 0 atom stereocenters. The molecule has 0 fully saturated rings. The van der Waals surface area contributed by atoms with Crippen LogP contribution in [0.3, 0.4) is 0 Å². The fourth-order valence-corrected chi connectivity index (χ4v) is 2.10. The van der Waals surface area contributed by atoms with Crippen molar-refractivity contribution in [3.63, 3.8) is 0 Å². The van der Waals surface area contributed by atoms with Gasteiger partial charge in [-0.05, 0) is 35.4 Å². The number of aromatic nitrogens is 1. The van der Waals surface area contributed by atoms with Crippen LogP contribution >= 0.6 is 0 Å². The van der Waals surface area contributed by atoms with Gasteiger partial charge in [-0.3, -0.25) is 0 Å². The quantitative estimate of drug-likeness (QED) is 0.786. The highest BCUT2D eigenvalue weighted by Crippen LogP contribution is 2.29. The van der Waals surface area contributed by atoms with Gasteiger partial charge in [-0.2, -0.15) is 0 Å². The second-order valence-electron chi connectivity index (χ2n) is 4.78. The van der Waals surface area contributed by atoms with Gasteiger partial charge in [-0.1, -0.05) is 30.3 Å². The zero-order valence-corrected chi connectivity index (χ0v) is 11.4. The molecule has 0 radical (unpaired) electrons. The minimum Gasteiger partial charge on any atom is -0.478 e. The number of carboxylic acids is 1. The van der Waals surface area contributed by atoms with E-state index in [1.807, 2.05) is 37.3 Å². The van der Waals surface area contributed by atoms with Crippen LogP contribution in [0, 0.1) is 6.92 Å². The summed E-state index contributed by atoms with van der Waals surface area (Å²) in [6.45, 7) is 1.93. The molecule has 21 heavy (non-hydrogen) atoms. The Bertz CT molecular complexity index is 810. The van der Waals surface area contributed by atoms with Gasteiger partial charge in [0.05, 0.1) is 0 Å². The van der Waals surface area contributed by atoms with Crippen molar-refractivity contribution in [2.24, 2.45) is 0 Å². The highest BCUT2D eigenvalue weighted by molar-refractivity contribution is 5.97. The van der Waals surface area contributed by atoms with E-state index in [1.165, 1.54) is 0 Å². The van der Waals surface area contributed by atoms with Crippen LogP contribution in [0.5, 0.6) is 11.6 Å². The van der Waals surface area contributed by atoms with E-state index < -0.39 is 5.97 Å². The van der Waals surface area contributed by atoms with E-state index in [4.69, 9.17) is 4.74 Å². The number of nitrogens with zero attached hydrogens (tertiary/aromatic N) is 1. The maximum Gasteiger partial charge on any atom is 0.339 e. The number of pyridine rings is 1. The summed E-state index contributed by atoms with van der Waals surface area (Å²) >= 11 is 0. The number of aryl methyl sites for hydroxylation is 1. The SMILES string of the molecule is Cc1ccc(Oc2cc3ccccc3cc2C(=O)O)nc1. The van der Waals surface area contributed by atoms with E-state index >= 15 is 0 Å². The van der Waals surface area contributed by atoms with Crippen molar-refractivity contribution >= 4 is 16.7 Å². The van der Waals surface area contributed by atoms with E-state index in [-0.39, 0.29) is 11.3 Å². The minimum absolute atomic E-state index is 0.121. The monoisotopic (exact) mass is 279 g/mol. The summed E-state index contributed by atoms with van der Waals surface area (Å²) in [6.07, 6.45) is 1.68. The first-order chi connectivity index (χ1) is 10.1. The van der Waals surface area contributed by atoms with Gasteiger partial charge in [0.1, 0.15) is 11.3 Å². The highest BCUT2D eigenvalue weighted by Gasteiger charge is 2.14. The van der Waals surface area contributed by atoms with E-state index in [2.05, 4.69) is 4.98 Å². The molecule has 4 heteroatoms. The molecule has 0 bridgehead atoms. The molecule has 0 aliphatic rings. The number of rotatable bonds is 3. The summed E-state index contributed by atoms with van der Waals surface area (Å²) in [4.78, 5) is 15.5. The summed E-state index contributed by atoms with van der Waals surface area (Å²) < 4.78 is 5.64. The Balaban J connectivity index is 2.09. The lowest BCUT2D eigenvalue weighted by Crippen LogP contribution is -2.01. The predicted octanol–water partition coefficient (Wildman–Crippen LogP) is 4.03. The number of ether oxygens (including phenoxy) is 1. The first-order valence-electron chi connectivity index (χ1n) is 6.50. The Morgan fingerprint density at radius 2 is 1.81 bits per heavy atom. The average Bonchev–Trinajstić information content (AvgIpc) is 2.48. The molecule has 0 spiro atoms. The fraction of sp³-hybridized carbons (Fsp3) is 0.0588. The molecule has 0 aliphatic carbocycles. The largest absolute Gasteiger partial charge is 0.478 e. The fourth-order valence-electron chi connectivity index (χ4n) is 2.10. The van der Waals surface area contributed by atoms with Gasteiger partial charge in [0.2, 0.25) is 5.88 Å². The van der Waals surface area contributed by atoms with Crippen LogP contribution in [0.1, 0.15) is 15.9 Å². The summed E-state index contributed by atoms with van der Waals surface area (Å²) in [6, 6.07) is 14.5. The standard InChI is InChI=1S/C17H13NO3/c1-11-6-7-16(18-10-11)21-15-9-13-5-3-2-4-12(13)8-14(15)17(19)20/h2-10H,1H3,(H,19,20). The maximum absolute atomic E-state index is 11.4. The lowest BCUT2D eigenvalue weighted by atomic mass is 10.1. The minimum atomic E-state index is -1.03. The van der Waals surface area contributed by atoms with E-state index in [0.717, 1.165) is 16.3 Å². The van der Waals surface area contributed by atoms with Crippen molar-refractivity contribution in [1.82, 2.24) is 4.98 Å². The smallest absolute Gasteiger partial charge is 0.339 e. The lowest BCUT2D eigenvalue weighted by Gasteiger charge is -2.10. The van der Waals surface area contributed by atoms with Gasteiger partial charge in [-0.25, -0.2) is 9.78 Å². The number of benzene rings is 2. The third kappa shape index (κ3) is 2.69. The molecule has 4 nitrogen and oxygen atoms in total. The van der Waals surface area contributed by atoms with Crippen molar-refractivity contribution < 1.29 is 14.6 Å². The van der Waals surface area contributed by atoms with Crippen molar-refractivity contribution in [2.75, 3.05) is 0 Å². The van der Waals surface area contributed by atoms with Crippen LogP contribution in [0.25, 0.3) is 10.8 Å². The first kappa shape index (κ1) is 13.1. The van der Waals surface area contributed by atoms with Crippen molar-refractivity contribution in [2.45, 2.75) is 6.92 Å². The molecule has 0 aliphatic heterocycles. The molecule has 2 aromatic carbocycles. The third-order valence-electron chi connectivity index (χ3n) is 3.18. The van der Waals surface area contributed by atoms with E-state index in [1.54, 1.807) is 24.4 Å². The molecule has 1 aromatic heterocycles. The summed E-state index contributed by atoms with van der Waals surface area (Å²) in [5.41, 5.74) is 1.13. The Kier molecular flexibility index (Phi) is 3.28. The van der Waals surface area contributed by atoms with Crippen LogP contribution in [0.15, 0.2) is 54.7 Å². The number of aromatic carboxylic acids is 1. The van der Waals surface area contributed by atoms with Gasteiger partial charge >= 0.3 is 5.97 Å². The molecular formula is C17H13NO3. The van der Waals surface area contributed by atoms with Crippen LogP contribution in [-0.4, -0.2) is 16.1 Å². The zero-order chi connectivity index (χ0) is 14.8. The van der Waals surface area contributed by atoms with Crippen molar-refractivity contribution in [1.29, 1.82) is 0 Å². The topological polar surface area (TPSA) is 59.4 Å². The van der Waals surface area contributed by atoms with Crippen molar-refractivity contribution in [3.8, 4) is 11.6 Å². The third-order valence-corrected chi connectivity index (χ3v) is 3.18. The maximum atomic E-state index is 11.4. The van der Waals surface area contributed by atoms with Gasteiger partial charge in [-0.15, -0.1) is 0 Å². The molecule has 0 saturated heterocycles. The predicted molar refractivity (Wildman–Crippen MR) is 80.0 cm³/mol. The molecular weight excluding hydrogens is 266 g/mol. The van der Waals surface area contributed by atoms with E-state index in [0.29, 0.717) is 5.88 Å². The molecule has 3 rings (SSSR count). The second-order valence-corrected chi connectivity index (χ2v) is 4.78. The Labute approximate surface area is 121 Å². The number of hydrogen-bond donors (Lipinski definition) is 1. The molecule has 0 amide bonds. The molecule has 1 N–H and O–H groups in total. The van der Waals surface area contributed by atoms with Crippen LogP contribution < -0.4 is 4.74 Å². The average molecular weight is 279 g/mol. The highest BCUT2D eigenvalue weighted by atomic mass is 16.5. The number of carbonyl (C=O) groups is 1. The van der Waals surface area contributed by atoms with Gasteiger partial charge in [0.15, 0.2) is 0 Å². The van der Waals surface area contributed by atoms with Gasteiger partial charge in [0, 0.05) is 12.3 Å². The van der Waals surface area contributed by atoms with Crippen LogP contribution in [0.2, 0.25) is 0 Å². The molecule has 3 aromatic rings. The summed E-state index contributed by atoms with van der Waals surface area (Å²) in [5.74, 6) is -0.362. The molecule has 0 saturated carbocycles. The molecule has 1 heterocycles. The Morgan fingerprint density at radius 3 is 2.43 bits per heavy atom. The number of fused-ring (bicyclic) bond motifs is 1. The molecule has 0 unspecified atom stereocenters. The second kappa shape index (κ2) is 5.25. The van der Waals surface area contributed by atoms with Crippen LogP contribution in [-0.2, 0) is 0 Å². The first-order valence-corrected chi connectivity index (χ1v) is 6.50. The van der Waals surface area contributed by atoms with E-state index in [9.17, 15) is 9.90 Å². The lowest BCUT2D eigenvalue weighted by molar-refractivity contribution is 0.0694. The summed E-state index contributed by atoms with van der Waals surface area (Å²) in [7, 11) is 0. The normalized spacial score (nSPS) is 10.5. The Hall–Kier alpha value is -2.88. The van der Waals surface area contributed by atoms with Crippen LogP contribution in [0.4, 0.5) is 0 Å². The zero-order valence-electron chi connectivity index (χ0n) is 11.4. The molecule has 104 valence electrons.